The van der Waals surface area contributed by atoms with Crippen molar-refractivity contribution in [3.8, 4) is 0 Å². The van der Waals surface area contributed by atoms with E-state index in [0.717, 1.165) is 16.7 Å². The third-order valence-corrected chi connectivity index (χ3v) is 4.36. The summed E-state index contributed by atoms with van der Waals surface area (Å²) < 4.78 is 37.7. The van der Waals surface area contributed by atoms with Crippen LogP contribution in [0.15, 0.2) is 21.0 Å². The number of H-pyrrole nitrogens is 2. The number of rotatable bonds is 2. The van der Waals surface area contributed by atoms with E-state index in [0.29, 0.717) is 30.3 Å². The van der Waals surface area contributed by atoms with Gasteiger partial charge in [-0.1, -0.05) is 0 Å². The topological polar surface area (TPSA) is 81.8 Å². The summed E-state index contributed by atoms with van der Waals surface area (Å²) in [5.41, 5.74) is -1.50. The molecule has 22 heavy (non-hydrogen) atoms. The third-order valence-electron chi connectivity index (χ3n) is 3.46. The van der Waals surface area contributed by atoms with Gasteiger partial charge in [-0.2, -0.15) is 13.2 Å². The number of anilines is 1. The predicted octanol–water partition coefficient (Wildman–Crippen LogP) is 1.53. The van der Waals surface area contributed by atoms with Crippen LogP contribution in [0.5, 0.6) is 0 Å². The van der Waals surface area contributed by atoms with Gasteiger partial charge in [0.25, 0.3) is 5.56 Å². The fourth-order valence-corrected chi connectivity index (χ4v) is 3.30. The molecule has 6 nitrogen and oxygen atoms in total. The first-order valence-electron chi connectivity index (χ1n) is 6.44. The van der Waals surface area contributed by atoms with Crippen LogP contribution in [0.3, 0.4) is 0 Å². The molecule has 1 saturated heterocycles. The van der Waals surface area contributed by atoms with Crippen LogP contribution in [-0.4, -0.2) is 28.0 Å². The molecule has 2 aromatic heterocycles. The Morgan fingerprint density at radius 1 is 1.32 bits per heavy atom. The van der Waals surface area contributed by atoms with Crippen molar-refractivity contribution in [2.45, 2.75) is 18.5 Å². The zero-order chi connectivity index (χ0) is 15.9. The molecule has 1 unspecified atom stereocenters. The molecule has 1 aliphatic heterocycles. The van der Waals surface area contributed by atoms with Crippen molar-refractivity contribution in [2.75, 3.05) is 18.0 Å². The van der Waals surface area contributed by atoms with E-state index >= 15 is 0 Å². The average Bonchev–Trinajstić information content (AvgIpc) is 3.06. The number of nitrogens with one attached hydrogen (secondary N) is 2. The molecule has 0 aromatic carbocycles. The number of thiazole rings is 1. The van der Waals surface area contributed by atoms with E-state index in [9.17, 15) is 22.8 Å². The molecule has 3 rings (SSSR count). The Morgan fingerprint density at radius 3 is 2.73 bits per heavy atom. The monoisotopic (exact) mass is 332 g/mol. The van der Waals surface area contributed by atoms with E-state index in [1.807, 2.05) is 0 Å². The summed E-state index contributed by atoms with van der Waals surface area (Å²) in [4.78, 5) is 32.6. The molecule has 0 aliphatic carbocycles. The summed E-state index contributed by atoms with van der Waals surface area (Å²) in [7, 11) is 0. The molecule has 1 aliphatic rings. The zero-order valence-corrected chi connectivity index (χ0v) is 11.9. The molecule has 0 radical (unpaired) electrons. The van der Waals surface area contributed by atoms with Crippen LogP contribution >= 0.6 is 11.3 Å². The van der Waals surface area contributed by atoms with Crippen LogP contribution in [0.25, 0.3) is 0 Å². The first kappa shape index (κ1) is 14.8. The fraction of sp³-hybridized carbons (Fsp3) is 0.417. The minimum atomic E-state index is -4.45. The molecule has 0 saturated carbocycles. The Bertz CT molecular complexity index is 766. The predicted molar refractivity (Wildman–Crippen MR) is 74.4 cm³/mol. The molecule has 118 valence electrons. The molecular weight excluding hydrogens is 321 g/mol. The lowest BCUT2D eigenvalue weighted by molar-refractivity contribution is -0.140. The third kappa shape index (κ3) is 2.91. The summed E-state index contributed by atoms with van der Waals surface area (Å²) in [6, 6.07) is 1.30. The van der Waals surface area contributed by atoms with Gasteiger partial charge in [0.05, 0.1) is 0 Å². The van der Waals surface area contributed by atoms with Crippen molar-refractivity contribution in [1.29, 1.82) is 0 Å². The molecule has 0 bridgehead atoms. The van der Waals surface area contributed by atoms with Crippen LogP contribution in [0.4, 0.5) is 18.3 Å². The maximum atomic E-state index is 12.6. The van der Waals surface area contributed by atoms with Gasteiger partial charge in [0, 0.05) is 36.1 Å². The quantitative estimate of drug-likeness (QED) is 0.874. The van der Waals surface area contributed by atoms with E-state index in [4.69, 9.17) is 0 Å². The van der Waals surface area contributed by atoms with Crippen molar-refractivity contribution >= 4 is 16.5 Å². The molecule has 10 heteroatoms. The Morgan fingerprint density at radius 2 is 2.09 bits per heavy atom. The molecule has 2 N–H and O–H groups in total. The van der Waals surface area contributed by atoms with Gasteiger partial charge in [-0.25, -0.2) is 9.78 Å². The summed E-state index contributed by atoms with van der Waals surface area (Å²) in [5.74, 6) is -0.117. The van der Waals surface area contributed by atoms with E-state index in [-0.39, 0.29) is 5.92 Å². The van der Waals surface area contributed by atoms with Gasteiger partial charge in [0.1, 0.15) is 0 Å². The fourth-order valence-electron chi connectivity index (χ4n) is 2.44. The van der Waals surface area contributed by atoms with Crippen LogP contribution in [0.1, 0.15) is 23.7 Å². The highest BCUT2D eigenvalue weighted by atomic mass is 32.1. The summed E-state index contributed by atoms with van der Waals surface area (Å²) >= 11 is 0.932. The lowest BCUT2D eigenvalue weighted by Crippen LogP contribution is -2.25. The van der Waals surface area contributed by atoms with Gasteiger partial charge in [-0.05, 0) is 6.42 Å². The lowest BCUT2D eigenvalue weighted by Gasteiger charge is -2.14. The van der Waals surface area contributed by atoms with Gasteiger partial charge < -0.3 is 9.88 Å². The van der Waals surface area contributed by atoms with Crippen molar-refractivity contribution in [2.24, 2.45) is 0 Å². The molecule has 0 amide bonds. The van der Waals surface area contributed by atoms with Gasteiger partial charge >= 0.3 is 11.9 Å². The van der Waals surface area contributed by atoms with E-state index in [2.05, 4.69) is 15.0 Å². The minimum absolute atomic E-state index is 0.117. The lowest BCUT2D eigenvalue weighted by atomic mass is 10.1. The Balaban J connectivity index is 1.79. The summed E-state index contributed by atoms with van der Waals surface area (Å²) in [6.45, 7) is 0.925. The standard InChI is InChI=1S/C12H11F3N4O2S/c13-12(14,15)8-5-22-11(17-8)19-2-1-6(4-19)7-3-9(20)18-10(21)16-7/h3,5-6H,1-2,4H2,(H2,16,18,20,21). The number of hydrogen-bond donors (Lipinski definition) is 2. The molecule has 2 aromatic rings. The minimum Gasteiger partial charge on any atom is -0.347 e. The van der Waals surface area contributed by atoms with E-state index in [1.54, 1.807) is 4.90 Å². The number of aromatic nitrogens is 3. The van der Waals surface area contributed by atoms with Crippen LogP contribution < -0.4 is 16.1 Å². The van der Waals surface area contributed by atoms with Gasteiger partial charge in [0.15, 0.2) is 10.8 Å². The Labute approximate surface area is 125 Å². The molecule has 0 spiro atoms. The summed E-state index contributed by atoms with van der Waals surface area (Å²) in [5, 5.41) is 1.28. The van der Waals surface area contributed by atoms with Crippen LogP contribution in [0, 0.1) is 0 Å². The highest BCUT2D eigenvalue weighted by Crippen LogP contribution is 2.35. The maximum Gasteiger partial charge on any atom is 0.434 e. The van der Waals surface area contributed by atoms with Crippen molar-refractivity contribution in [3.05, 3.63) is 43.7 Å². The van der Waals surface area contributed by atoms with Gasteiger partial charge in [0.2, 0.25) is 0 Å². The number of hydrogen-bond acceptors (Lipinski definition) is 5. The second-order valence-corrected chi connectivity index (χ2v) is 5.82. The second kappa shape index (κ2) is 5.27. The van der Waals surface area contributed by atoms with Crippen molar-refractivity contribution < 1.29 is 13.2 Å². The van der Waals surface area contributed by atoms with Gasteiger partial charge in [-0.3, -0.25) is 9.78 Å². The van der Waals surface area contributed by atoms with E-state index in [1.165, 1.54) is 6.07 Å². The van der Waals surface area contributed by atoms with Crippen LogP contribution in [0.2, 0.25) is 0 Å². The Hall–Kier alpha value is -2.10. The smallest absolute Gasteiger partial charge is 0.347 e. The second-order valence-electron chi connectivity index (χ2n) is 4.99. The first-order valence-corrected chi connectivity index (χ1v) is 7.32. The van der Waals surface area contributed by atoms with E-state index < -0.39 is 23.1 Å². The normalized spacial score (nSPS) is 18.9. The largest absolute Gasteiger partial charge is 0.434 e. The molecule has 3 heterocycles. The molecule has 1 atom stereocenters. The highest BCUT2D eigenvalue weighted by molar-refractivity contribution is 7.13. The molecule has 1 fully saturated rings. The highest BCUT2D eigenvalue weighted by Gasteiger charge is 2.35. The van der Waals surface area contributed by atoms with Gasteiger partial charge in [-0.15, -0.1) is 11.3 Å². The number of nitrogens with zero attached hydrogens (tertiary/aromatic N) is 2. The number of alkyl halides is 3. The SMILES string of the molecule is O=c1cc(C2CCN(c3nc(C(F)(F)F)cs3)C2)[nH]c(=O)[nH]1. The van der Waals surface area contributed by atoms with Crippen molar-refractivity contribution in [1.82, 2.24) is 15.0 Å². The number of halogens is 3. The molecular formula is C12H11F3N4O2S. The summed E-state index contributed by atoms with van der Waals surface area (Å²) in [6.07, 6.45) is -3.83. The number of aromatic amines is 2. The van der Waals surface area contributed by atoms with Crippen molar-refractivity contribution in [3.63, 3.8) is 0 Å². The first-order chi connectivity index (χ1) is 10.3. The zero-order valence-electron chi connectivity index (χ0n) is 11.1. The van der Waals surface area contributed by atoms with Crippen LogP contribution in [-0.2, 0) is 6.18 Å². The Kier molecular flexibility index (Phi) is 3.55. The average molecular weight is 332 g/mol. The maximum absolute atomic E-state index is 12.6.